The number of aliphatic imine (C=N–C) groups is 1. The van der Waals surface area contributed by atoms with E-state index in [-0.39, 0.29) is 24.0 Å². The molecule has 26 heavy (non-hydrogen) atoms. The summed E-state index contributed by atoms with van der Waals surface area (Å²) in [6, 6.07) is 3.86. The summed E-state index contributed by atoms with van der Waals surface area (Å²) in [6.45, 7) is 6.49. The number of ether oxygens (including phenoxy) is 3. The van der Waals surface area contributed by atoms with E-state index in [0.29, 0.717) is 25.1 Å². The number of guanidine groups is 1. The van der Waals surface area contributed by atoms with Crippen molar-refractivity contribution in [3.8, 4) is 5.88 Å². The molecule has 0 radical (unpaired) electrons. The molecule has 1 aliphatic rings. The summed E-state index contributed by atoms with van der Waals surface area (Å²) in [6.07, 6.45) is 5.20. The lowest BCUT2D eigenvalue weighted by molar-refractivity contribution is 0.0168. The first-order chi connectivity index (χ1) is 12.3. The molecule has 1 fully saturated rings. The lowest BCUT2D eigenvalue weighted by Gasteiger charge is -2.13. The second-order valence-electron chi connectivity index (χ2n) is 5.86. The second-order valence-corrected chi connectivity index (χ2v) is 5.86. The molecule has 1 saturated heterocycles. The Hall–Kier alpha value is -1.13. The van der Waals surface area contributed by atoms with E-state index in [4.69, 9.17) is 14.2 Å². The van der Waals surface area contributed by atoms with Crippen LogP contribution in [-0.2, 0) is 16.0 Å². The number of pyridine rings is 1. The molecule has 0 spiro atoms. The van der Waals surface area contributed by atoms with E-state index in [1.54, 1.807) is 13.3 Å². The number of hydrogen-bond acceptors (Lipinski definition) is 5. The predicted molar refractivity (Wildman–Crippen MR) is 113 cm³/mol. The standard InChI is InChI=1S/C18H30N4O3.HI/c1-3-19-18(22-13-15-7-4-9-20-17(15)23-2)21-10-6-11-24-14-16-8-5-12-25-16;/h4,7,9,16H,3,5-6,8,10-14H2,1-2H3,(H2,19,21,22);1H. The highest BCUT2D eigenvalue weighted by Crippen LogP contribution is 2.14. The van der Waals surface area contributed by atoms with Crippen LogP contribution in [-0.4, -0.2) is 57.1 Å². The zero-order valence-electron chi connectivity index (χ0n) is 15.7. The van der Waals surface area contributed by atoms with Gasteiger partial charge >= 0.3 is 0 Å². The van der Waals surface area contributed by atoms with Gasteiger partial charge in [0.15, 0.2) is 5.96 Å². The molecule has 2 N–H and O–H groups in total. The van der Waals surface area contributed by atoms with E-state index >= 15 is 0 Å². The van der Waals surface area contributed by atoms with Gasteiger partial charge in [0.2, 0.25) is 5.88 Å². The molecule has 1 atom stereocenters. The number of nitrogens with one attached hydrogen (secondary N) is 2. The van der Waals surface area contributed by atoms with Crippen molar-refractivity contribution in [1.29, 1.82) is 0 Å². The van der Waals surface area contributed by atoms with Crippen LogP contribution in [0.25, 0.3) is 0 Å². The molecule has 0 saturated carbocycles. The van der Waals surface area contributed by atoms with Crippen LogP contribution < -0.4 is 15.4 Å². The van der Waals surface area contributed by atoms with Crippen molar-refractivity contribution in [2.45, 2.75) is 38.8 Å². The molecule has 8 heteroatoms. The number of halogens is 1. The molecule has 1 aliphatic heterocycles. The van der Waals surface area contributed by atoms with Crippen molar-refractivity contribution < 1.29 is 14.2 Å². The third-order valence-electron chi connectivity index (χ3n) is 3.88. The van der Waals surface area contributed by atoms with E-state index in [9.17, 15) is 0 Å². The predicted octanol–water partition coefficient (Wildman–Crippen LogP) is 2.35. The van der Waals surface area contributed by atoms with Crippen LogP contribution in [0, 0.1) is 0 Å². The van der Waals surface area contributed by atoms with Crippen molar-refractivity contribution in [3.05, 3.63) is 23.9 Å². The van der Waals surface area contributed by atoms with E-state index in [0.717, 1.165) is 57.1 Å². The summed E-state index contributed by atoms with van der Waals surface area (Å²) in [5, 5.41) is 6.57. The fraction of sp³-hybridized carbons (Fsp3) is 0.667. The lowest BCUT2D eigenvalue weighted by atomic mass is 10.2. The van der Waals surface area contributed by atoms with Gasteiger partial charge in [-0.15, -0.1) is 24.0 Å². The Morgan fingerprint density at radius 2 is 2.31 bits per heavy atom. The summed E-state index contributed by atoms with van der Waals surface area (Å²) >= 11 is 0. The van der Waals surface area contributed by atoms with Crippen molar-refractivity contribution in [3.63, 3.8) is 0 Å². The summed E-state index contributed by atoms with van der Waals surface area (Å²) in [5.41, 5.74) is 0.960. The zero-order valence-corrected chi connectivity index (χ0v) is 18.0. The Kier molecular flexibility index (Phi) is 12.3. The average Bonchev–Trinajstić information content (AvgIpc) is 3.16. The zero-order chi connectivity index (χ0) is 17.7. The van der Waals surface area contributed by atoms with Gasteiger partial charge in [0, 0.05) is 38.1 Å². The molecule has 0 amide bonds. The second kappa shape index (κ2) is 14.0. The highest BCUT2D eigenvalue weighted by Gasteiger charge is 2.14. The highest BCUT2D eigenvalue weighted by molar-refractivity contribution is 14.0. The third-order valence-corrected chi connectivity index (χ3v) is 3.88. The molecule has 7 nitrogen and oxygen atoms in total. The number of nitrogens with zero attached hydrogens (tertiary/aromatic N) is 2. The number of aromatic nitrogens is 1. The summed E-state index contributed by atoms with van der Waals surface area (Å²) in [5.74, 6) is 1.40. The van der Waals surface area contributed by atoms with Crippen LogP contribution >= 0.6 is 24.0 Å². The monoisotopic (exact) mass is 478 g/mol. The topological polar surface area (TPSA) is 77.0 Å². The summed E-state index contributed by atoms with van der Waals surface area (Å²) < 4.78 is 16.5. The van der Waals surface area contributed by atoms with E-state index < -0.39 is 0 Å². The fourth-order valence-electron chi connectivity index (χ4n) is 2.61. The van der Waals surface area contributed by atoms with Gasteiger partial charge in [-0.2, -0.15) is 0 Å². The number of rotatable bonds is 10. The van der Waals surface area contributed by atoms with Gasteiger partial charge < -0.3 is 24.8 Å². The first-order valence-corrected chi connectivity index (χ1v) is 9.03. The van der Waals surface area contributed by atoms with Gasteiger partial charge in [-0.25, -0.2) is 9.98 Å². The van der Waals surface area contributed by atoms with Gasteiger partial charge in [-0.3, -0.25) is 0 Å². The SMILES string of the molecule is CCNC(=NCc1cccnc1OC)NCCCOCC1CCCO1.I. The van der Waals surface area contributed by atoms with Crippen LogP contribution in [0.2, 0.25) is 0 Å². The molecule has 0 aliphatic carbocycles. The van der Waals surface area contributed by atoms with Crippen molar-refractivity contribution in [1.82, 2.24) is 15.6 Å². The molecule has 0 aromatic carbocycles. The van der Waals surface area contributed by atoms with E-state index in [1.165, 1.54) is 0 Å². The van der Waals surface area contributed by atoms with Gasteiger partial charge in [0.05, 0.1) is 26.4 Å². The highest BCUT2D eigenvalue weighted by atomic mass is 127. The fourth-order valence-corrected chi connectivity index (χ4v) is 2.61. The lowest BCUT2D eigenvalue weighted by Crippen LogP contribution is -2.38. The smallest absolute Gasteiger partial charge is 0.218 e. The molecule has 1 aromatic heterocycles. The van der Waals surface area contributed by atoms with E-state index in [1.807, 2.05) is 19.1 Å². The van der Waals surface area contributed by atoms with Crippen LogP contribution in [0.4, 0.5) is 0 Å². The molecule has 2 rings (SSSR count). The van der Waals surface area contributed by atoms with Crippen LogP contribution in [0.15, 0.2) is 23.3 Å². The molecule has 1 unspecified atom stereocenters. The molecule has 1 aromatic rings. The summed E-state index contributed by atoms with van der Waals surface area (Å²) in [7, 11) is 1.62. The van der Waals surface area contributed by atoms with Crippen molar-refractivity contribution in [2.75, 3.05) is 40.0 Å². The number of hydrogen-bond donors (Lipinski definition) is 2. The summed E-state index contributed by atoms with van der Waals surface area (Å²) in [4.78, 5) is 8.78. The largest absolute Gasteiger partial charge is 0.481 e. The minimum absolute atomic E-state index is 0. The van der Waals surface area contributed by atoms with Gasteiger partial charge in [0.1, 0.15) is 0 Å². The van der Waals surface area contributed by atoms with Crippen LogP contribution in [0.3, 0.4) is 0 Å². The van der Waals surface area contributed by atoms with Gasteiger partial charge in [0.25, 0.3) is 0 Å². The average molecular weight is 478 g/mol. The minimum atomic E-state index is 0. The quantitative estimate of drug-likeness (QED) is 0.233. The Balaban J connectivity index is 0.00000338. The molecule has 2 heterocycles. The van der Waals surface area contributed by atoms with Gasteiger partial charge in [-0.05, 0) is 32.3 Å². The Morgan fingerprint density at radius 1 is 1.42 bits per heavy atom. The maximum absolute atomic E-state index is 5.67. The van der Waals surface area contributed by atoms with Crippen LogP contribution in [0.1, 0.15) is 31.7 Å². The normalized spacial score (nSPS) is 16.8. The molecule has 0 bridgehead atoms. The molecular weight excluding hydrogens is 447 g/mol. The third kappa shape index (κ3) is 8.50. The Labute approximate surface area is 173 Å². The maximum Gasteiger partial charge on any atom is 0.218 e. The molecular formula is C18H31IN4O3. The Morgan fingerprint density at radius 3 is 3.04 bits per heavy atom. The van der Waals surface area contributed by atoms with Crippen molar-refractivity contribution in [2.24, 2.45) is 4.99 Å². The minimum Gasteiger partial charge on any atom is -0.481 e. The van der Waals surface area contributed by atoms with Crippen LogP contribution in [0.5, 0.6) is 5.88 Å². The maximum atomic E-state index is 5.67. The first kappa shape index (κ1) is 22.9. The Bertz CT molecular complexity index is 525. The number of methoxy groups -OCH3 is 1. The van der Waals surface area contributed by atoms with E-state index in [2.05, 4.69) is 20.6 Å². The van der Waals surface area contributed by atoms with Gasteiger partial charge in [-0.1, -0.05) is 6.07 Å². The van der Waals surface area contributed by atoms with Crippen molar-refractivity contribution >= 4 is 29.9 Å². The molecule has 148 valence electrons. The first-order valence-electron chi connectivity index (χ1n) is 9.03.